The Hall–Kier alpha value is -1.25. The first-order valence-electron chi connectivity index (χ1n) is 10.9. The second-order valence-corrected chi connectivity index (χ2v) is 11.8. The number of carbonyl (C=O) groups excluding carboxylic acids is 1. The van der Waals surface area contributed by atoms with Crippen molar-refractivity contribution >= 4 is 5.91 Å². The Morgan fingerprint density at radius 3 is 1.82 bits per heavy atom. The van der Waals surface area contributed by atoms with Gasteiger partial charge in [0.15, 0.2) is 0 Å². The van der Waals surface area contributed by atoms with Gasteiger partial charge >= 0.3 is 0 Å². The fraction of sp³-hybridized carbons (Fsp3) is 0.800. The number of hydrogen-bond donors (Lipinski definition) is 0. The summed E-state index contributed by atoms with van der Waals surface area (Å²) in [6.07, 6.45) is 4.13. The second kappa shape index (κ2) is 7.88. The van der Waals surface area contributed by atoms with Gasteiger partial charge in [-0.1, -0.05) is 34.6 Å². The molecule has 28 heavy (non-hydrogen) atoms. The van der Waals surface area contributed by atoms with Crippen LogP contribution in [0.15, 0.2) is 6.20 Å². The molecule has 1 aromatic heterocycles. The van der Waals surface area contributed by atoms with E-state index < -0.39 is 0 Å². The predicted octanol–water partition coefficient (Wildman–Crippen LogP) is 6.59. The molecule has 0 bridgehead atoms. The van der Waals surface area contributed by atoms with E-state index in [-0.39, 0.29) is 27.8 Å². The van der Waals surface area contributed by atoms with Gasteiger partial charge in [-0.2, -0.15) is 0 Å². The van der Waals surface area contributed by atoms with E-state index >= 15 is 0 Å². The highest BCUT2D eigenvalue weighted by Crippen LogP contribution is 2.38. The second-order valence-electron chi connectivity index (χ2n) is 11.8. The van der Waals surface area contributed by atoms with Gasteiger partial charge in [-0.15, -0.1) is 0 Å². The summed E-state index contributed by atoms with van der Waals surface area (Å²) >= 11 is 0. The van der Waals surface area contributed by atoms with Gasteiger partial charge in [-0.25, -0.2) is 0 Å². The number of amides is 1. The van der Waals surface area contributed by atoms with Crippen molar-refractivity contribution in [1.82, 2.24) is 9.47 Å². The van der Waals surface area contributed by atoms with Crippen molar-refractivity contribution in [2.24, 2.45) is 5.41 Å². The van der Waals surface area contributed by atoms with E-state index in [1.807, 2.05) is 4.90 Å². The van der Waals surface area contributed by atoms with Gasteiger partial charge in [-0.3, -0.25) is 4.79 Å². The third-order valence-electron chi connectivity index (χ3n) is 6.18. The molecule has 0 aliphatic rings. The lowest BCUT2D eigenvalue weighted by Crippen LogP contribution is -2.51. The zero-order valence-electron chi connectivity index (χ0n) is 21.0. The van der Waals surface area contributed by atoms with E-state index in [1.165, 1.54) is 16.8 Å². The number of aromatic nitrogens is 1. The largest absolute Gasteiger partial charge is 0.345 e. The summed E-state index contributed by atoms with van der Waals surface area (Å²) in [5.74, 6) is 0.259. The van der Waals surface area contributed by atoms with Crippen LogP contribution in [-0.4, -0.2) is 27.5 Å². The van der Waals surface area contributed by atoms with Crippen LogP contribution in [0.3, 0.4) is 0 Å². The smallest absolute Gasteiger partial charge is 0.228 e. The number of hydrogen-bond acceptors (Lipinski definition) is 1. The summed E-state index contributed by atoms with van der Waals surface area (Å²) < 4.78 is 2.47. The van der Waals surface area contributed by atoms with Crippen LogP contribution in [0.1, 0.15) is 106 Å². The highest BCUT2D eigenvalue weighted by Gasteiger charge is 2.38. The van der Waals surface area contributed by atoms with Crippen molar-refractivity contribution < 1.29 is 4.79 Å². The van der Waals surface area contributed by atoms with E-state index in [9.17, 15) is 4.79 Å². The van der Waals surface area contributed by atoms with Gasteiger partial charge in [0.05, 0.1) is 0 Å². The zero-order valence-corrected chi connectivity index (χ0v) is 21.0. The molecule has 0 fully saturated rings. The summed E-state index contributed by atoms with van der Waals surface area (Å²) in [6.45, 7) is 29.3. The first kappa shape index (κ1) is 24.8. The number of rotatable bonds is 6. The normalized spacial score (nSPS) is 13.8. The Bertz CT molecular complexity index is 693. The molecular formula is C25H46N2O. The van der Waals surface area contributed by atoms with Crippen LogP contribution in [0, 0.1) is 19.3 Å². The van der Waals surface area contributed by atoms with Gasteiger partial charge in [0.1, 0.15) is 0 Å². The standard InChI is InChI=1S/C25H46N2O/c1-14-26(23(7,8)9)21(28)24(10,11)15-16-25(12,13)27-17-18(2)19(3)20(27)22(4,5)6/h17H,14-16H2,1-13H3. The molecule has 1 amide bonds. The Labute approximate surface area is 174 Å². The summed E-state index contributed by atoms with van der Waals surface area (Å²) in [5.41, 5.74) is 3.67. The molecule has 1 aromatic rings. The SMILES string of the molecule is CCN(C(=O)C(C)(C)CCC(C)(C)n1cc(C)c(C)c1C(C)(C)C)C(C)(C)C. The molecule has 0 aliphatic carbocycles. The molecule has 0 aliphatic heterocycles. The van der Waals surface area contributed by atoms with Crippen molar-refractivity contribution in [2.75, 3.05) is 6.54 Å². The fourth-order valence-electron chi connectivity index (χ4n) is 4.26. The lowest BCUT2D eigenvalue weighted by Gasteiger charge is -2.41. The van der Waals surface area contributed by atoms with Crippen LogP contribution in [0.2, 0.25) is 0 Å². The van der Waals surface area contributed by atoms with Crippen LogP contribution in [0.25, 0.3) is 0 Å². The topological polar surface area (TPSA) is 25.2 Å². The number of aryl methyl sites for hydroxylation is 1. The maximum atomic E-state index is 13.3. The number of carbonyl (C=O) groups is 1. The van der Waals surface area contributed by atoms with Crippen LogP contribution >= 0.6 is 0 Å². The van der Waals surface area contributed by atoms with E-state index in [4.69, 9.17) is 0 Å². The molecule has 0 atom stereocenters. The minimum atomic E-state index is -0.375. The molecule has 0 aromatic carbocycles. The van der Waals surface area contributed by atoms with Crippen molar-refractivity contribution in [3.8, 4) is 0 Å². The first-order valence-corrected chi connectivity index (χ1v) is 10.9. The van der Waals surface area contributed by atoms with Gasteiger partial charge in [0.2, 0.25) is 5.91 Å². The van der Waals surface area contributed by atoms with E-state index in [0.29, 0.717) is 0 Å². The molecule has 1 rings (SSSR count). The van der Waals surface area contributed by atoms with Gasteiger partial charge in [0.25, 0.3) is 0 Å². The summed E-state index contributed by atoms with van der Waals surface area (Å²) in [4.78, 5) is 15.3. The summed E-state index contributed by atoms with van der Waals surface area (Å²) in [7, 11) is 0. The van der Waals surface area contributed by atoms with Crippen LogP contribution in [-0.2, 0) is 15.7 Å². The molecule has 162 valence electrons. The van der Waals surface area contributed by atoms with Gasteiger partial charge in [0, 0.05) is 40.3 Å². The van der Waals surface area contributed by atoms with Crippen LogP contribution in [0.4, 0.5) is 0 Å². The monoisotopic (exact) mass is 390 g/mol. The van der Waals surface area contributed by atoms with Gasteiger partial charge in [-0.05, 0) is 79.4 Å². The molecule has 0 unspecified atom stereocenters. The highest BCUT2D eigenvalue weighted by atomic mass is 16.2. The Morgan fingerprint density at radius 1 is 0.929 bits per heavy atom. The molecule has 3 heteroatoms. The van der Waals surface area contributed by atoms with E-state index in [1.54, 1.807) is 0 Å². The third kappa shape index (κ3) is 5.21. The molecule has 0 radical (unpaired) electrons. The van der Waals surface area contributed by atoms with Crippen LogP contribution < -0.4 is 0 Å². The lowest BCUT2D eigenvalue weighted by atomic mass is 9.80. The third-order valence-corrected chi connectivity index (χ3v) is 6.18. The Kier molecular flexibility index (Phi) is 6.97. The first-order chi connectivity index (χ1) is 12.4. The van der Waals surface area contributed by atoms with Crippen molar-refractivity contribution in [3.63, 3.8) is 0 Å². The average molecular weight is 391 g/mol. The van der Waals surface area contributed by atoms with Crippen molar-refractivity contribution in [1.29, 1.82) is 0 Å². The maximum absolute atomic E-state index is 13.3. The molecule has 0 N–H and O–H groups in total. The Morgan fingerprint density at radius 2 is 1.43 bits per heavy atom. The van der Waals surface area contributed by atoms with E-state index in [2.05, 4.69) is 101 Å². The van der Waals surface area contributed by atoms with Gasteiger partial charge < -0.3 is 9.47 Å². The quantitative estimate of drug-likeness (QED) is 0.538. The molecule has 0 spiro atoms. The maximum Gasteiger partial charge on any atom is 0.228 e. The summed E-state index contributed by atoms with van der Waals surface area (Å²) in [6, 6.07) is 0. The molecule has 0 saturated heterocycles. The lowest BCUT2D eigenvalue weighted by molar-refractivity contribution is -0.145. The zero-order chi connectivity index (χ0) is 22.3. The van der Waals surface area contributed by atoms with E-state index in [0.717, 1.165) is 19.4 Å². The highest BCUT2D eigenvalue weighted by molar-refractivity contribution is 5.82. The minimum absolute atomic E-state index is 0.0437. The molecule has 3 nitrogen and oxygen atoms in total. The average Bonchev–Trinajstić information content (AvgIpc) is 2.81. The minimum Gasteiger partial charge on any atom is -0.345 e. The predicted molar refractivity (Wildman–Crippen MR) is 122 cm³/mol. The Balaban J connectivity index is 3.15. The molecule has 1 heterocycles. The fourth-order valence-corrected chi connectivity index (χ4v) is 4.26. The molecular weight excluding hydrogens is 344 g/mol. The van der Waals surface area contributed by atoms with Crippen molar-refractivity contribution in [2.45, 2.75) is 119 Å². The number of nitrogens with zero attached hydrogens (tertiary/aromatic N) is 2. The molecule has 0 saturated carbocycles. The van der Waals surface area contributed by atoms with Crippen molar-refractivity contribution in [3.05, 3.63) is 23.0 Å². The summed E-state index contributed by atoms with van der Waals surface area (Å²) in [5, 5.41) is 0. The van der Waals surface area contributed by atoms with Crippen LogP contribution in [0.5, 0.6) is 0 Å².